The van der Waals surface area contributed by atoms with Crippen molar-refractivity contribution in [1.29, 1.82) is 0 Å². The number of rotatable bonds is 11. The van der Waals surface area contributed by atoms with Gasteiger partial charge in [-0.3, -0.25) is 4.79 Å². The minimum absolute atomic E-state index is 0.0908. The first-order valence-electron chi connectivity index (χ1n) is 6.85. The van der Waals surface area contributed by atoms with E-state index in [1.54, 1.807) is 14.2 Å². The maximum absolute atomic E-state index is 11.7. The van der Waals surface area contributed by atoms with Gasteiger partial charge in [-0.2, -0.15) is 0 Å². The predicted octanol–water partition coefficient (Wildman–Crippen LogP) is -0.414. The van der Waals surface area contributed by atoms with Crippen LogP contribution >= 0.6 is 0 Å². The Morgan fingerprint density at radius 1 is 1.05 bits per heavy atom. The predicted molar refractivity (Wildman–Crippen MR) is 71.7 cm³/mol. The molecule has 7 nitrogen and oxygen atoms in total. The van der Waals surface area contributed by atoms with Gasteiger partial charge >= 0.3 is 5.97 Å². The summed E-state index contributed by atoms with van der Waals surface area (Å²) in [6.07, 6.45) is 0.747. The average molecular weight is 291 g/mol. The number of carbonyl (C=O) groups is 1. The zero-order chi connectivity index (χ0) is 14.6. The molecule has 0 amide bonds. The second kappa shape index (κ2) is 11.0. The molecule has 2 atom stereocenters. The Bertz CT molecular complexity index is 263. The Morgan fingerprint density at radius 3 is 2.30 bits per heavy atom. The maximum Gasteiger partial charge on any atom is 0.323 e. The largest absolute Gasteiger partial charge is 0.462 e. The van der Waals surface area contributed by atoms with Crippen molar-refractivity contribution in [2.75, 3.05) is 60.4 Å². The molecule has 0 aromatic heterocycles. The molecule has 0 aromatic carbocycles. The highest BCUT2D eigenvalue weighted by Crippen LogP contribution is 2.10. The summed E-state index contributed by atoms with van der Waals surface area (Å²) in [4.78, 5) is 11.7. The molecular formula is C13H25NO6. The van der Waals surface area contributed by atoms with E-state index in [0.29, 0.717) is 46.0 Å². The van der Waals surface area contributed by atoms with E-state index >= 15 is 0 Å². The second-order valence-corrected chi connectivity index (χ2v) is 4.44. The van der Waals surface area contributed by atoms with Crippen LogP contribution in [0, 0.1) is 0 Å². The Balaban J connectivity index is 1.90. The summed E-state index contributed by atoms with van der Waals surface area (Å²) < 4.78 is 25.6. The fourth-order valence-electron chi connectivity index (χ4n) is 1.83. The molecule has 0 saturated carbocycles. The number of methoxy groups -OCH3 is 2. The van der Waals surface area contributed by atoms with E-state index in [-0.39, 0.29) is 24.7 Å². The minimum atomic E-state index is -0.266. The number of hydrogen-bond acceptors (Lipinski definition) is 7. The third kappa shape index (κ3) is 7.16. The number of carbonyl (C=O) groups excluding carboxylic acids is 1. The van der Waals surface area contributed by atoms with Crippen LogP contribution in [0.15, 0.2) is 0 Å². The van der Waals surface area contributed by atoms with Crippen molar-refractivity contribution in [3.8, 4) is 0 Å². The van der Waals surface area contributed by atoms with Crippen LogP contribution in [-0.2, 0) is 28.5 Å². The fourth-order valence-corrected chi connectivity index (χ4v) is 1.83. The van der Waals surface area contributed by atoms with E-state index < -0.39 is 0 Å². The highest BCUT2D eigenvalue weighted by atomic mass is 16.6. The van der Waals surface area contributed by atoms with Crippen LogP contribution in [0.25, 0.3) is 0 Å². The van der Waals surface area contributed by atoms with E-state index in [0.717, 1.165) is 0 Å². The third-order valence-corrected chi connectivity index (χ3v) is 2.98. The molecule has 0 radical (unpaired) electrons. The Kier molecular flexibility index (Phi) is 9.52. The highest BCUT2D eigenvalue weighted by Gasteiger charge is 2.30. The maximum atomic E-state index is 11.7. The summed E-state index contributed by atoms with van der Waals surface area (Å²) in [7, 11) is 3.27. The minimum Gasteiger partial charge on any atom is -0.462 e. The lowest BCUT2D eigenvalue weighted by atomic mass is 10.2. The Labute approximate surface area is 119 Å². The normalized spacial score (nSPS) is 22.1. The van der Waals surface area contributed by atoms with Crippen LogP contribution < -0.4 is 5.32 Å². The lowest BCUT2D eigenvalue weighted by Crippen LogP contribution is -2.33. The molecule has 0 bridgehead atoms. The van der Waals surface area contributed by atoms with Gasteiger partial charge < -0.3 is 29.0 Å². The zero-order valence-corrected chi connectivity index (χ0v) is 12.3. The van der Waals surface area contributed by atoms with Crippen LogP contribution in [0.4, 0.5) is 0 Å². The lowest BCUT2D eigenvalue weighted by molar-refractivity contribution is -0.147. The fraction of sp³-hybridized carbons (Fsp3) is 0.923. The van der Waals surface area contributed by atoms with Gasteiger partial charge in [-0.15, -0.1) is 0 Å². The molecule has 1 saturated heterocycles. The highest BCUT2D eigenvalue weighted by molar-refractivity contribution is 5.76. The molecule has 0 aliphatic carbocycles. The first-order valence-corrected chi connectivity index (χ1v) is 6.85. The van der Waals surface area contributed by atoms with Crippen molar-refractivity contribution in [2.45, 2.75) is 18.6 Å². The van der Waals surface area contributed by atoms with Gasteiger partial charge in [0.05, 0.1) is 39.1 Å². The average Bonchev–Trinajstić information content (AvgIpc) is 2.94. The van der Waals surface area contributed by atoms with Crippen LogP contribution in [0.1, 0.15) is 6.42 Å². The van der Waals surface area contributed by atoms with E-state index in [1.807, 2.05) is 0 Å². The van der Waals surface area contributed by atoms with Gasteiger partial charge in [0.1, 0.15) is 12.6 Å². The van der Waals surface area contributed by atoms with Gasteiger partial charge in [0, 0.05) is 27.2 Å². The van der Waals surface area contributed by atoms with Gasteiger partial charge in [-0.05, 0) is 0 Å². The number of ether oxygens (including phenoxy) is 5. The third-order valence-electron chi connectivity index (χ3n) is 2.98. The Hall–Kier alpha value is -0.730. The summed E-state index contributed by atoms with van der Waals surface area (Å²) in [6, 6.07) is -0.266. The van der Waals surface area contributed by atoms with Gasteiger partial charge in [0.25, 0.3) is 0 Å². The van der Waals surface area contributed by atoms with E-state index in [4.69, 9.17) is 23.7 Å². The van der Waals surface area contributed by atoms with Crippen molar-refractivity contribution in [2.24, 2.45) is 0 Å². The summed E-state index contributed by atoms with van der Waals surface area (Å²) in [5.41, 5.74) is 0. The Morgan fingerprint density at radius 2 is 1.70 bits per heavy atom. The molecule has 20 heavy (non-hydrogen) atoms. The molecule has 0 aromatic rings. The van der Waals surface area contributed by atoms with Crippen molar-refractivity contribution >= 4 is 5.97 Å². The number of esters is 1. The zero-order valence-electron chi connectivity index (χ0n) is 12.3. The van der Waals surface area contributed by atoms with Gasteiger partial charge in [0.15, 0.2) is 0 Å². The molecule has 1 heterocycles. The first kappa shape index (κ1) is 17.3. The van der Waals surface area contributed by atoms with E-state index in [9.17, 15) is 4.79 Å². The van der Waals surface area contributed by atoms with Gasteiger partial charge in [-0.1, -0.05) is 0 Å². The van der Waals surface area contributed by atoms with E-state index in [2.05, 4.69) is 5.32 Å². The van der Waals surface area contributed by atoms with Gasteiger partial charge in [-0.25, -0.2) is 0 Å². The monoisotopic (exact) mass is 291 g/mol. The topological polar surface area (TPSA) is 75.2 Å². The van der Waals surface area contributed by atoms with Crippen LogP contribution in [0.5, 0.6) is 0 Å². The van der Waals surface area contributed by atoms with Crippen molar-refractivity contribution in [1.82, 2.24) is 5.32 Å². The molecule has 1 rings (SSSR count). The molecule has 1 N–H and O–H groups in total. The SMILES string of the molecule is COCCOCCOCCOC(=O)C1CC(OC)CN1. The van der Waals surface area contributed by atoms with Crippen LogP contribution in [-0.4, -0.2) is 78.5 Å². The number of nitrogens with one attached hydrogen (secondary N) is 1. The molecule has 7 heteroatoms. The lowest BCUT2D eigenvalue weighted by Gasteiger charge is -2.11. The molecule has 118 valence electrons. The summed E-state index contributed by atoms with van der Waals surface area (Å²) in [5, 5.41) is 3.07. The van der Waals surface area contributed by atoms with Crippen molar-refractivity contribution in [3.05, 3.63) is 0 Å². The van der Waals surface area contributed by atoms with E-state index in [1.165, 1.54) is 0 Å². The molecule has 1 aliphatic rings. The van der Waals surface area contributed by atoms with Crippen LogP contribution in [0.3, 0.4) is 0 Å². The standard InChI is InChI=1S/C13H25NO6/c1-16-3-4-18-5-6-19-7-8-20-13(15)12-9-11(17-2)10-14-12/h11-12,14H,3-10H2,1-2H3. The molecule has 1 aliphatic heterocycles. The van der Waals surface area contributed by atoms with Gasteiger partial charge in [0.2, 0.25) is 0 Å². The molecule has 0 spiro atoms. The quantitative estimate of drug-likeness (QED) is 0.409. The second-order valence-electron chi connectivity index (χ2n) is 4.44. The molecular weight excluding hydrogens is 266 g/mol. The summed E-state index contributed by atoms with van der Waals surface area (Å²) >= 11 is 0. The van der Waals surface area contributed by atoms with Crippen molar-refractivity contribution in [3.63, 3.8) is 0 Å². The first-order chi connectivity index (χ1) is 9.77. The van der Waals surface area contributed by atoms with Crippen molar-refractivity contribution < 1.29 is 28.5 Å². The molecule has 2 unspecified atom stereocenters. The van der Waals surface area contributed by atoms with Crippen LogP contribution in [0.2, 0.25) is 0 Å². The summed E-state index contributed by atoms with van der Waals surface area (Å²) in [6.45, 7) is 3.45. The molecule has 1 fully saturated rings. The smallest absolute Gasteiger partial charge is 0.323 e. The number of hydrogen-bond donors (Lipinski definition) is 1. The summed E-state index contributed by atoms with van der Waals surface area (Å²) in [5.74, 6) is -0.246.